The minimum atomic E-state index is -0.130. The SMILES string of the molecule is O=C(NCCc1csc(-c2ccccc2)n1)c1sc2ccccc2c1Cl. The molecule has 3 nitrogen and oxygen atoms in total. The van der Waals surface area contributed by atoms with Crippen LogP contribution >= 0.6 is 34.3 Å². The van der Waals surface area contributed by atoms with E-state index < -0.39 is 0 Å². The second kappa shape index (κ2) is 7.58. The number of fused-ring (bicyclic) bond motifs is 1. The van der Waals surface area contributed by atoms with Gasteiger partial charge in [-0.1, -0.05) is 60.1 Å². The van der Waals surface area contributed by atoms with Crippen molar-refractivity contribution in [2.45, 2.75) is 6.42 Å². The van der Waals surface area contributed by atoms with Crippen LogP contribution in [0.2, 0.25) is 5.02 Å². The number of carbonyl (C=O) groups is 1. The fourth-order valence-corrected chi connectivity index (χ4v) is 4.97. The van der Waals surface area contributed by atoms with E-state index in [-0.39, 0.29) is 5.91 Å². The minimum Gasteiger partial charge on any atom is -0.351 e. The number of thiazole rings is 1. The molecule has 0 saturated heterocycles. The third-order valence-electron chi connectivity index (χ3n) is 3.98. The number of hydrogen-bond donors (Lipinski definition) is 1. The zero-order valence-electron chi connectivity index (χ0n) is 13.7. The van der Waals surface area contributed by atoms with Gasteiger partial charge in [0.1, 0.15) is 9.88 Å². The summed E-state index contributed by atoms with van der Waals surface area (Å²) >= 11 is 9.40. The van der Waals surface area contributed by atoms with Crippen molar-refractivity contribution in [3.05, 3.63) is 75.6 Å². The Bertz CT molecular complexity index is 1060. The van der Waals surface area contributed by atoms with Crippen LogP contribution < -0.4 is 5.32 Å². The number of hydrogen-bond acceptors (Lipinski definition) is 4. The van der Waals surface area contributed by atoms with E-state index in [1.807, 2.05) is 60.0 Å². The van der Waals surface area contributed by atoms with Gasteiger partial charge in [-0.3, -0.25) is 4.79 Å². The number of halogens is 1. The smallest absolute Gasteiger partial charge is 0.262 e. The van der Waals surface area contributed by atoms with Gasteiger partial charge in [0.2, 0.25) is 0 Å². The van der Waals surface area contributed by atoms with Crippen LogP contribution in [0.15, 0.2) is 60.0 Å². The molecule has 0 aliphatic heterocycles. The average molecular weight is 399 g/mol. The molecule has 2 heterocycles. The molecule has 1 amide bonds. The van der Waals surface area contributed by atoms with Gasteiger partial charge in [0.15, 0.2) is 0 Å². The van der Waals surface area contributed by atoms with Crippen molar-refractivity contribution >= 4 is 50.3 Å². The standard InChI is InChI=1S/C20H15ClN2OS2/c21-17-15-8-4-5-9-16(15)26-18(17)19(24)22-11-10-14-12-25-20(23-14)13-6-2-1-3-7-13/h1-9,12H,10-11H2,(H,22,24). The van der Waals surface area contributed by atoms with Crippen molar-refractivity contribution in [1.82, 2.24) is 10.3 Å². The molecule has 2 aromatic carbocycles. The summed E-state index contributed by atoms with van der Waals surface area (Å²) in [6.45, 7) is 0.529. The van der Waals surface area contributed by atoms with Gasteiger partial charge < -0.3 is 5.32 Å². The third kappa shape index (κ3) is 3.51. The number of aromatic nitrogens is 1. The molecule has 0 aliphatic rings. The van der Waals surface area contributed by atoms with Crippen molar-refractivity contribution in [3.8, 4) is 10.6 Å². The maximum atomic E-state index is 12.4. The number of amides is 1. The van der Waals surface area contributed by atoms with Crippen LogP contribution in [0, 0.1) is 0 Å². The van der Waals surface area contributed by atoms with Crippen molar-refractivity contribution in [2.24, 2.45) is 0 Å². The highest BCUT2D eigenvalue weighted by Gasteiger charge is 2.16. The molecule has 0 fully saturated rings. The number of nitrogens with one attached hydrogen (secondary N) is 1. The van der Waals surface area contributed by atoms with Crippen molar-refractivity contribution in [3.63, 3.8) is 0 Å². The second-order valence-electron chi connectivity index (χ2n) is 5.76. The van der Waals surface area contributed by atoms with Crippen LogP contribution in [-0.4, -0.2) is 17.4 Å². The molecule has 2 aromatic heterocycles. The summed E-state index contributed by atoms with van der Waals surface area (Å²) in [4.78, 5) is 17.7. The molecule has 0 atom stereocenters. The Morgan fingerprint density at radius 3 is 2.65 bits per heavy atom. The van der Waals surface area contributed by atoms with Crippen LogP contribution in [0.1, 0.15) is 15.4 Å². The lowest BCUT2D eigenvalue weighted by Gasteiger charge is -2.02. The Labute approximate surface area is 164 Å². The van der Waals surface area contributed by atoms with E-state index in [2.05, 4.69) is 10.3 Å². The molecule has 26 heavy (non-hydrogen) atoms. The van der Waals surface area contributed by atoms with Crippen LogP contribution in [0.4, 0.5) is 0 Å². The van der Waals surface area contributed by atoms with Gasteiger partial charge in [-0.15, -0.1) is 22.7 Å². The van der Waals surface area contributed by atoms with Gasteiger partial charge in [-0.25, -0.2) is 4.98 Å². The molecule has 0 unspecified atom stereocenters. The lowest BCUT2D eigenvalue weighted by Crippen LogP contribution is -2.25. The monoisotopic (exact) mass is 398 g/mol. The van der Waals surface area contributed by atoms with E-state index in [0.717, 1.165) is 26.4 Å². The van der Waals surface area contributed by atoms with Crippen molar-refractivity contribution in [2.75, 3.05) is 6.54 Å². The Kier molecular flexibility index (Phi) is 5.02. The quantitative estimate of drug-likeness (QED) is 0.472. The first-order valence-electron chi connectivity index (χ1n) is 8.17. The number of nitrogens with zero attached hydrogens (tertiary/aromatic N) is 1. The molecular weight excluding hydrogens is 384 g/mol. The first-order valence-corrected chi connectivity index (χ1v) is 10.2. The van der Waals surface area contributed by atoms with Gasteiger partial charge in [0.05, 0.1) is 10.7 Å². The molecule has 1 N–H and O–H groups in total. The summed E-state index contributed by atoms with van der Waals surface area (Å²) in [6.07, 6.45) is 0.692. The van der Waals surface area contributed by atoms with E-state index in [1.165, 1.54) is 11.3 Å². The van der Waals surface area contributed by atoms with Gasteiger partial charge in [0, 0.05) is 34.0 Å². The molecule has 0 spiro atoms. The summed E-state index contributed by atoms with van der Waals surface area (Å²) in [5, 5.41) is 7.45. The zero-order chi connectivity index (χ0) is 17.9. The van der Waals surface area contributed by atoms with Crippen molar-refractivity contribution in [1.29, 1.82) is 0 Å². The Morgan fingerprint density at radius 2 is 1.85 bits per heavy atom. The maximum Gasteiger partial charge on any atom is 0.262 e. The van der Waals surface area contributed by atoms with E-state index in [0.29, 0.717) is 22.9 Å². The fraction of sp³-hybridized carbons (Fsp3) is 0.100. The largest absolute Gasteiger partial charge is 0.351 e. The second-order valence-corrected chi connectivity index (χ2v) is 8.05. The number of carbonyl (C=O) groups excluding carboxylic acids is 1. The third-order valence-corrected chi connectivity index (χ3v) is 6.59. The number of thiophene rings is 1. The highest BCUT2D eigenvalue weighted by molar-refractivity contribution is 7.21. The molecule has 4 rings (SSSR count). The zero-order valence-corrected chi connectivity index (χ0v) is 16.1. The molecule has 130 valence electrons. The molecule has 4 aromatic rings. The Hall–Kier alpha value is -2.21. The first kappa shape index (κ1) is 17.2. The fourth-order valence-electron chi connectivity index (χ4n) is 2.68. The van der Waals surface area contributed by atoms with Crippen LogP contribution in [0.5, 0.6) is 0 Å². The predicted octanol–water partition coefficient (Wildman–Crippen LogP) is 5.65. The van der Waals surface area contributed by atoms with E-state index in [4.69, 9.17) is 11.6 Å². The van der Waals surface area contributed by atoms with Gasteiger partial charge in [0.25, 0.3) is 5.91 Å². The highest BCUT2D eigenvalue weighted by atomic mass is 35.5. The number of benzene rings is 2. The Morgan fingerprint density at radius 1 is 1.08 bits per heavy atom. The lowest BCUT2D eigenvalue weighted by atomic mass is 10.2. The van der Waals surface area contributed by atoms with Crippen LogP contribution in [0.25, 0.3) is 20.7 Å². The summed E-state index contributed by atoms with van der Waals surface area (Å²) in [5.74, 6) is -0.130. The van der Waals surface area contributed by atoms with Crippen LogP contribution in [0.3, 0.4) is 0 Å². The lowest BCUT2D eigenvalue weighted by molar-refractivity contribution is 0.0958. The van der Waals surface area contributed by atoms with Crippen molar-refractivity contribution < 1.29 is 4.79 Å². The molecule has 0 aliphatic carbocycles. The molecule has 0 radical (unpaired) electrons. The highest BCUT2D eigenvalue weighted by Crippen LogP contribution is 2.35. The molecule has 0 bridgehead atoms. The maximum absolute atomic E-state index is 12.4. The first-order chi connectivity index (χ1) is 12.7. The topological polar surface area (TPSA) is 42.0 Å². The van der Waals surface area contributed by atoms with E-state index >= 15 is 0 Å². The van der Waals surface area contributed by atoms with Crippen LogP contribution in [-0.2, 0) is 6.42 Å². The molecule has 0 saturated carbocycles. The summed E-state index contributed by atoms with van der Waals surface area (Å²) in [6, 6.07) is 17.9. The minimum absolute atomic E-state index is 0.130. The predicted molar refractivity (Wildman–Crippen MR) is 110 cm³/mol. The molecule has 6 heteroatoms. The normalized spacial score (nSPS) is 11.0. The average Bonchev–Trinajstić information content (AvgIpc) is 3.28. The summed E-state index contributed by atoms with van der Waals surface area (Å²) < 4.78 is 1.02. The van der Waals surface area contributed by atoms with E-state index in [9.17, 15) is 4.79 Å². The Balaban J connectivity index is 1.39. The molecular formula is C20H15ClN2OS2. The number of rotatable bonds is 5. The van der Waals surface area contributed by atoms with Gasteiger partial charge in [-0.05, 0) is 6.07 Å². The van der Waals surface area contributed by atoms with Gasteiger partial charge in [-0.2, -0.15) is 0 Å². The summed E-state index contributed by atoms with van der Waals surface area (Å²) in [5.41, 5.74) is 2.10. The van der Waals surface area contributed by atoms with Gasteiger partial charge >= 0.3 is 0 Å². The summed E-state index contributed by atoms with van der Waals surface area (Å²) in [7, 11) is 0. The van der Waals surface area contributed by atoms with E-state index in [1.54, 1.807) is 11.3 Å².